The summed E-state index contributed by atoms with van der Waals surface area (Å²) in [4.78, 5) is 11.0. The third kappa shape index (κ3) is 10.2. The Kier molecular flexibility index (Phi) is 11.0. The lowest BCUT2D eigenvalue weighted by atomic mass is 9.96. The number of carboxylic acids is 1. The third-order valence-electron chi connectivity index (χ3n) is 6.52. The SMILES string of the molecule is COc1cc(-c2ccc(OS(C)(=O)=O)cc2)c(OC)c(OS(C)(=O)=O)c1-c1ccc(OCc2ccc(CC(=O)O)cc2)c(OS(C)(=O)=O)c1. The highest BCUT2D eigenvalue weighted by atomic mass is 32.2. The van der Waals surface area contributed by atoms with E-state index in [9.17, 15) is 30.0 Å². The summed E-state index contributed by atoms with van der Waals surface area (Å²) >= 11 is 0. The largest absolute Gasteiger partial charge is 0.496 e. The summed E-state index contributed by atoms with van der Waals surface area (Å²) in [6, 6.07) is 18.2. The van der Waals surface area contributed by atoms with Gasteiger partial charge in [0.15, 0.2) is 23.0 Å². The van der Waals surface area contributed by atoms with Crippen LogP contribution in [0.1, 0.15) is 11.1 Å². The van der Waals surface area contributed by atoms with Gasteiger partial charge in [-0.2, -0.15) is 25.3 Å². The molecule has 0 fully saturated rings. The fourth-order valence-corrected chi connectivity index (χ4v) is 6.04. The van der Waals surface area contributed by atoms with Crippen molar-refractivity contribution < 1.29 is 61.9 Å². The topological polar surface area (TPSA) is 195 Å². The molecule has 17 heteroatoms. The normalized spacial score (nSPS) is 11.8. The molecule has 4 aromatic carbocycles. The van der Waals surface area contributed by atoms with Crippen molar-refractivity contribution in [3.63, 3.8) is 0 Å². The highest BCUT2D eigenvalue weighted by molar-refractivity contribution is 7.86. The standard InChI is InChI=1S/C32H32O14S3/c1-41-28-18-25(22-10-13-24(14-11-22)44-47(3,35)36)31(42-2)32(46-49(5,39)40)30(28)23-12-15-26(27(17-23)45-48(4,37)38)43-19-21-8-6-20(7-9-21)16-29(33)34/h6-15,17-18H,16,19H2,1-5H3,(H,33,34). The van der Waals surface area contributed by atoms with Gasteiger partial charge in [0.25, 0.3) is 0 Å². The summed E-state index contributed by atoms with van der Waals surface area (Å²) in [5.41, 5.74) is 2.24. The van der Waals surface area contributed by atoms with Crippen LogP contribution >= 0.6 is 0 Å². The average Bonchev–Trinajstić information content (AvgIpc) is 2.98. The first-order chi connectivity index (χ1) is 22.9. The number of carbonyl (C=O) groups is 1. The van der Waals surface area contributed by atoms with Gasteiger partial charge in [-0.3, -0.25) is 4.79 Å². The lowest BCUT2D eigenvalue weighted by molar-refractivity contribution is -0.136. The van der Waals surface area contributed by atoms with E-state index in [1.54, 1.807) is 24.3 Å². The van der Waals surface area contributed by atoms with Gasteiger partial charge in [0.05, 0.1) is 45.0 Å². The molecule has 0 bridgehead atoms. The molecule has 0 aliphatic rings. The second-order valence-electron chi connectivity index (χ2n) is 10.6. The molecule has 0 aliphatic carbocycles. The molecule has 0 atom stereocenters. The Morgan fingerprint density at radius 3 is 1.71 bits per heavy atom. The maximum Gasteiger partial charge on any atom is 0.307 e. The summed E-state index contributed by atoms with van der Waals surface area (Å²) in [5.74, 6) is -1.40. The molecular formula is C32H32O14S3. The Morgan fingerprint density at radius 2 is 1.18 bits per heavy atom. The third-order valence-corrected chi connectivity index (χ3v) is 7.96. The van der Waals surface area contributed by atoms with Crippen LogP contribution in [0.15, 0.2) is 72.8 Å². The highest BCUT2D eigenvalue weighted by Gasteiger charge is 2.27. The molecule has 0 aromatic heterocycles. The summed E-state index contributed by atoms with van der Waals surface area (Å²) in [6.45, 7) is -0.0326. The van der Waals surface area contributed by atoms with Crippen molar-refractivity contribution in [2.75, 3.05) is 33.0 Å². The second kappa shape index (κ2) is 14.6. The van der Waals surface area contributed by atoms with E-state index in [0.717, 1.165) is 18.8 Å². The van der Waals surface area contributed by atoms with Crippen molar-refractivity contribution in [2.24, 2.45) is 0 Å². The van der Waals surface area contributed by atoms with Crippen LogP contribution in [-0.4, -0.2) is 69.3 Å². The predicted molar refractivity (Wildman–Crippen MR) is 179 cm³/mol. The average molecular weight is 737 g/mol. The van der Waals surface area contributed by atoms with Crippen molar-refractivity contribution in [1.29, 1.82) is 0 Å². The zero-order chi connectivity index (χ0) is 36.1. The van der Waals surface area contributed by atoms with Crippen molar-refractivity contribution >= 4 is 36.3 Å². The quantitative estimate of drug-likeness (QED) is 0.170. The number of benzene rings is 4. The predicted octanol–water partition coefficient (Wildman–Crippen LogP) is 4.26. The van der Waals surface area contributed by atoms with Gasteiger partial charge in [0, 0.05) is 5.56 Å². The van der Waals surface area contributed by atoms with Crippen molar-refractivity contribution in [1.82, 2.24) is 0 Å². The molecule has 0 saturated heterocycles. The van der Waals surface area contributed by atoms with Crippen molar-refractivity contribution in [3.05, 3.63) is 83.9 Å². The van der Waals surface area contributed by atoms with E-state index < -0.39 is 36.3 Å². The molecule has 4 rings (SSSR count). The zero-order valence-electron chi connectivity index (χ0n) is 26.8. The molecule has 0 aliphatic heterocycles. The van der Waals surface area contributed by atoms with Crippen LogP contribution < -0.4 is 26.8 Å². The molecular weight excluding hydrogens is 705 g/mol. The van der Waals surface area contributed by atoms with Gasteiger partial charge < -0.3 is 31.9 Å². The van der Waals surface area contributed by atoms with Crippen molar-refractivity contribution in [2.45, 2.75) is 13.0 Å². The van der Waals surface area contributed by atoms with Gasteiger partial charge in [-0.25, -0.2) is 0 Å². The zero-order valence-corrected chi connectivity index (χ0v) is 29.3. The number of carboxylic acid groups (broad SMARTS) is 1. The van der Waals surface area contributed by atoms with Crippen LogP contribution in [0.2, 0.25) is 0 Å². The Hall–Kier alpha value is -5.00. The number of methoxy groups -OCH3 is 2. The summed E-state index contributed by atoms with van der Waals surface area (Å²) < 4.78 is 105. The van der Waals surface area contributed by atoms with Gasteiger partial charge in [0.2, 0.25) is 0 Å². The summed E-state index contributed by atoms with van der Waals surface area (Å²) in [7, 11) is -9.46. The van der Waals surface area contributed by atoms with E-state index in [4.69, 9.17) is 31.9 Å². The second-order valence-corrected chi connectivity index (χ2v) is 15.3. The first-order valence-corrected chi connectivity index (χ1v) is 19.5. The van der Waals surface area contributed by atoms with Crippen LogP contribution in [0.4, 0.5) is 0 Å². The molecule has 0 radical (unpaired) electrons. The van der Waals surface area contributed by atoms with Crippen molar-refractivity contribution in [3.8, 4) is 56.8 Å². The molecule has 0 unspecified atom stereocenters. The molecule has 0 saturated carbocycles. The minimum atomic E-state index is -4.19. The molecule has 4 aromatic rings. The lowest BCUT2D eigenvalue weighted by Gasteiger charge is -2.21. The maximum atomic E-state index is 12.5. The minimum Gasteiger partial charge on any atom is -0.496 e. The van der Waals surface area contributed by atoms with Crippen LogP contribution in [-0.2, 0) is 48.2 Å². The van der Waals surface area contributed by atoms with E-state index in [0.29, 0.717) is 22.3 Å². The Balaban J connectivity index is 1.84. The molecule has 0 spiro atoms. The van der Waals surface area contributed by atoms with E-state index in [1.807, 2.05) is 0 Å². The smallest absolute Gasteiger partial charge is 0.307 e. The van der Waals surface area contributed by atoms with Gasteiger partial charge >= 0.3 is 36.3 Å². The summed E-state index contributed by atoms with van der Waals surface area (Å²) in [6.07, 6.45) is 2.42. The Labute approximate surface area is 284 Å². The fraction of sp³-hybridized carbons (Fsp3) is 0.219. The monoisotopic (exact) mass is 736 g/mol. The van der Waals surface area contributed by atoms with E-state index in [-0.39, 0.29) is 58.7 Å². The number of aliphatic carboxylic acids is 1. The first-order valence-electron chi connectivity index (χ1n) is 14.0. The highest BCUT2D eigenvalue weighted by Crippen LogP contribution is 2.52. The van der Waals surface area contributed by atoms with Crippen LogP contribution in [0.25, 0.3) is 22.3 Å². The van der Waals surface area contributed by atoms with Crippen LogP contribution in [0.3, 0.4) is 0 Å². The maximum absolute atomic E-state index is 12.5. The number of rotatable bonds is 15. The van der Waals surface area contributed by atoms with E-state index in [1.165, 1.54) is 62.8 Å². The van der Waals surface area contributed by atoms with Gasteiger partial charge in [0.1, 0.15) is 18.1 Å². The fourth-order valence-electron chi connectivity index (χ4n) is 4.66. The minimum absolute atomic E-state index is 0.0216. The first kappa shape index (κ1) is 36.8. The Bertz CT molecular complexity index is 2180. The number of hydrogen-bond acceptors (Lipinski definition) is 13. The molecule has 1 N–H and O–H groups in total. The lowest BCUT2D eigenvalue weighted by Crippen LogP contribution is -2.10. The number of ether oxygens (including phenoxy) is 3. The molecule has 0 heterocycles. The molecule has 0 amide bonds. The van der Waals surface area contributed by atoms with Gasteiger partial charge in [-0.15, -0.1) is 0 Å². The molecule has 262 valence electrons. The van der Waals surface area contributed by atoms with Crippen LogP contribution in [0.5, 0.6) is 34.5 Å². The molecule has 14 nitrogen and oxygen atoms in total. The number of hydrogen-bond donors (Lipinski definition) is 1. The van der Waals surface area contributed by atoms with E-state index >= 15 is 0 Å². The van der Waals surface area contributed by atoms with Crippen LogP contribution in [0, 0.1) is 0 Å². The van der Waals surface area contributed by atoms with Gasteiger partial charge in [-0.1, -0.05) is 42.5 Å². The van der Waals surface area contributed by atoms with Gasteiger partial charge in [-0.05, 0) is 52.6 Å². The van der Waals surface area contributed by atoms with E-state index in [2.05, 4.69) is 0 Å². The molecule has 49 heavy (non-hydrogen) atoms. The summed E-state index contributed by atoms with van der Waals surface area (Å²) in [5, 5.41) is 9.00. The Morgan fingerprint density at radius 1 is 0.612 bits per heavy atom.